The molecule has 9 nitrogen and oxygen atoms in total. The van der Waals surface area contributed by atoms with Gasteiger partial charge in [-0.25, -0.2) is 18.0 Å². The van der Waals surface area contributed by atoms with Gasteiger partial charge in [0.1, 0.15) is 15.9 Å². The number of carbonyl (C=O) groups is 2. The Kier molecular flexibility index (Phi) is 4.10. The fourth-order valence-corrected chi connectivity index (χ4v) is 3.98. The van der Waals surface area contributed by atoms with E-state index < -0.39 is 22.0 Å². The molecule has 0 saturated heterocycles. The molecule has 0 spiro atoms. The second-order valence-corrected chi connectivity index (χ2v) is 7.04. The van der Waals surface area contributed by atoms with Crippen molar-refractivity contribution >= 4 is 50.4 Å². The van der Waals surface area contributed by atoms with E-state index in [2.05, 4.69) is 13.5 Å². The molecule has 0 aliphatic heterocycles. The highest BCUT2D eigenvalue weighted by molar-refractivity contribution is 7.93. The van der Waals surface area contributed by atoms with Gasteiger partial charge in [0, 0.05) is 0 Å². The van der Waals surface area contributed by atoms with Crippen molar-refractivity contribution in [1.82, 2.24) is 8.75 Å². The maximum atomic E-state index is 12.7. The van der Waals surface area contributed by atoms with Crippen LogP contribution in [0.3, 0.4) is 0 Å². The highest BCUT2D eigenvalue weighted by atomic mass is 32.2. The van der Waals surface area contributed by atoms with Crippen molar-refractivity contribution in [2.75, 3.05) is 4.72 Å². The summed E-state index contributed by atoms with van der Waals surface area (Å²) in [7, 11) is -4.21. The minimum atomic E-state index is -4.21. The standard InChI is InChI=1S/C14H9N3O6S2/c18-13(19)7-4-5-8(14(20)21)10(6-7)17-25(22,23)11-3-1-2-9-12(11)16-24-15-9/h1-6,17H,(H,18,19)(H,20,21). The van der Waals surface area contributed by atoms with Crippen LogP contribution in [0.2, 0.25) is 0 Å². The van der Waals surface area contributed by atoms with Gasteiger partial charge in [-0.05, 0) is 30.3 Å². The molecule has 0 bridgehead atoms. The van der Waals surface area contributed by atoms with Gasteiger partial charge >= 0.3 is 11.9 Å². The Hall–Kier alpha value is -3.05. The summed E-state index contributed by atoms with van der Waals surface area (Å²) >= 11 is 0.840. The van der Waals surface area contributed by atoms with E-state index in [0.29, 0.717) is 5.52 Å². The smallest absolute Gasteiger partial charge is 0.337 e. The van der Waals surface area contributed by atoms with Crippen molar-refractivity contribution in [2.45, 2.75) is 4.90 Å². The summed E-state index contributed by atoms with van der Waals surface area (Å²) in [6, 6.07) is 7.41. The van der Waals surface area contributed by atoms with E-state index in [4.69, 9.17) is 5.11 Å². The van der Waals surface area contributed by atoms with Crippen LogP contribution in [0.25, 0.3) is 11.0 Å². The molecule has 1 heterocycles. The number of hydrogen-bond acceptors (Lipinski definition) is 7. The maximum Gasteiger partial charge on any atom is 0.337 e. The molecule has 128 valence electrons. The Labute approximate surface area is 144 Å². The molecule has 3 rings (SSSR count). The van der Waals surface area contributed by atoms with Gasteiger partial charge in [-0.3, -0.25) is 4.72 Å². The summed E-state index contributed by atoms with van der Waals surface area (Å²) in [6.07, 6.45) is 0. The molecular formula is C14H9N3O6S2. The molecule has 0 unspecified atom stereocenters. The molecule has 0 aliphatic rings. The number of nitrogens with one attached hydrogen (secondary N) is 1. The molecule has 0 saturated carbocycles. The van der Waals surface area contributed by atoms with Crippen LogP contribution >= 0.6 is 11.7 Å². The lowest BCUT2D eigenvalue weighted by Crippen LogP contribution is -2.16. The van der Waals surface area contributed by atoms with E-state index in [-0.39, 0.29) is 27.2 Å². The molecule has 0 aliphatic carbocycles. The molecule has 3 N–H and O–H groups in total. The predicted molar refractivity (Wildman–Crippen MR) is 88.6 cm³/mol. The van der Waals surface area contributed by atoms with Crippen LogP contribution < -0.4 is 4.72 Å². The van der Waals surface area contributed by atoms with Crippen LogP contribution in [0.4, 0.5) is 5.69 Å². The monoisotopic (exact) mass is 379 g/mol. The van der Waals surface area contributed by atoms with Crippen LogP contribution in [0, 0.1) is 0 Å². The minimum absolute atomic E-state index is 0.145. The van der Waals surface area contributed by atoms with Crippen molar-refractivity contribution in [2.24, 2.45) is 0 Å². The number of aromatic carboxylic acids is 2. The van der Waals surface area contributed by atoms with Gasteiger partial charge in [0.2, 0.25) is 0 Å². The number of aromatic nitrogens is 2. The van der Waals surface area contributed by atoms with E-state index in [1.165, 1.54) is 12.1 Å². The number of carboxylic acid groups (broad SMARTS) is 2. The zero-order valence-electron chi connectivity index (χ0n) is 12.2. The van der Waals surface area contributed by atoms with Gasteiger partial charge < -0.3 is 10.2 Å². The van der Waals surface area contributed by atoms with Gasteiger partial charge in [0.15, 0.2) is 0 Å². The van der Waals surface area contributed by atoms with E-state index in [1.807, 2.05) is 0 Å². The fourth-order valence-electron chi connectivity index (χ4n) is 2.15. The lowest BCUT2D eigenvalue weighted by atomic mass is 10.1. The highest BCUT2D eigenvalue weighted by Crippen LogP contribution is 2.26. The molecule has 11 heteroatoms. The van der Waals surface area contributed by atoms with Gasteiger partial charge in [-0.15, -0.1) is 0 Å². The minimum Gasteiger partial charge on any atom is -0.478 e. The third-order valence-electron chi connectivity index (χ3n) is 3.28. The average Bonchev–Trinajstić information content (AvgIpc) is 3.02. The fraction of sp³-hybridized carbons (Fsp3) is 0. The predicted octanol–water partition coefficient (Wildman–Crippen LogP) is 1.89. The lowest BCUT2D eigenvalue weighted by Gasteiger charge is -2.11. The molecule has 0 atom stereocenters. The van der Waals surface area contributed by atoms with Crippen LogP contribution in [0.15, 0.2) is 41.3 Å². The number of anilines is 1. The maximum absolute atomic E-state index is 12.7. The lowest BCUT2D eigenvalue weighted by molar-refractivity contribution is 0.0682. The SMILES string of the molecule is O=C(O)c1ccc(C(=O)O)c(NS(=O)(=O)c2cccc3nsnc23)c1. The third kappa shape index (κ3) is 3.14. The second kappa shape index (κ2) is 6.11. The molecule has 0 radical (unpaired) electrons. The Bertz CT molecular complexity index is 1110. The third-order valence-corrected chi connectivity index (χ3v) is 5.22. The van der Waals surface area contributed by atoms with Gasteiger partial charge in [-0.1, -0.05) is 6.07 Å². The van der Waals surface area contributed by atoms with Crippen LogP contribution in [-0.2, 0) is 10.0 Å². The number of nitrogens with zero attached hydrogens (tertiary/aromatic N) is 2. The average molecular weight is 379 g/mol. The highest BCUT2D eigenvalue weighted by Gasteiger charge is 2.23. The molecule has 1 aromatic heterocycles. The molecule has 0 fully saturated rings. The van der Waals surface area contributed by atoms with Crippen LogP contribution in [-0.4, -0.2) is 39.3 Å². The largest absolute Gasteiger partial charge is 0.478 e. The van der Waals surface area contributed by atoms with Gasteiger partial charge in [0.05, 0.1) is 28.5 Å². The number of fused-ring (bicyclic) bond motifs is 1. The number of benzene rings is 2. The summed E-state index contributed by atoms with van der Waals surface area (Å²) in [5.74, 6) is -2.72. The summed E-state index contributed by atoms with van der Waals surface area (Å²) in [5.41, 5.74) is -0.460. The Morgan fingerprint density at radius 1 is 1.04 bits per heavy atom. The quantitative estimate of drug-likeness (QED) is 0.609. The molecule has 0 amide bonds. The van der Waals surface area contributed by atoms with E-state index in [9.17, 15) is 23.1 Å². The number of sulfonamides is 1. The summed E-state index contributed by atoms with van der Waals surface area (Å²) in [6.45, 7) is 0. The Balaban J connectivity index is 2.12. The van der Waals surface area contributed by atoms with E-state index in [0.717, 1.165) is 29.9 Å². The summed E-state index contributed by atoms with van der Waals surface area (Å²) < 4.78 is 35.3. The Morgan fingerprint density at radius 3 is 2.48 bits per heavy atom. The number of carboxylic acids is 2. The number of hydrogen-bond donors (Lipinski definition) is 3. The first-order valence-electron chi connectivity index (χ1n) is 6.64. The summed E-state index contributed by atoms with van der Waals surface area (Å²) in [5, 5.41) is 18.2. The zero-order valence-corrected chi connectivity index (χ0v) is 13.8. The van der Waals surface area contributed by atoms with E-state index >= 15 is 0 Å². The first kappa shape index (κ1) is 16.8. The first-order chi connectivity index (χ1) is 11.8. The van der Waals surface area contributed by atoms with Crippen LogP contribution in [0.5, 0.6) is 0 Å². The van der Waals surface area contributed by atoms with Gasteiger partial charge in [0.25, 0.3) is 10.0 Å². The van der Waals surface area contributed by atoms with E-state index in [1.54, 1.807) is 6.07 Å². The molecule has 3 aromatic rings. The Morgan fingerprint density at radius 2 is 1.80 bits per heavy atom. The molecular weight excluding hydrogens is 370 g/mol. The summed E-state index contributed by atoms with van der Waals surface area (Å²) in [4.78, 5) is 22.2. The van der Waals surface area contributed by atoms with Crippen molar-refractivity contribution in [3.8, 4) is 0 Å². The second-order valence-electron chi connectivity index (χ2n) is 4.86. The van der Waals surface area contributed by atoms with Crippen molar-refractivity contribution in [3.05, 3.63) is 47.5 Å². The van der Waals surface area contributed by atoms with Crippen LogP contribution in [0.1, 0.15) is 20.7 Å². The number of rotatable bonds is 5. The van der Waals surface area contributed by atoms with Crippen molar-refractivity contribution in [3.63, 3.8) is 0 Å². The first-order valence-corrected chi connectivity index (χ1v) is 8.85. The van der Waals surface area contributed by atoms with Crippen molar-refractivity contribution < 1.29 is 28.2 Å². The molecule has 2 aromatic carbocycles. The zero-order chi connectivity index (χ0) is 18.2. The topological polar surface area (TPSA) is 147 Å². The normalized spacial score (nSPS) is 11.4. The van der Waals surface area contributed by atoms with Crippen molar-refractivity contribution in [1.29, 1.82) is 0 Å². The molecule has 25 heavy (non-hydrogen) atoms. The van der Waals surface area contributed by atoms with Gasteiger partial charge in [-0.2, -0.15) is 8.75 Å².